The highest BCUT2D eigenvalue weighted by atomic mass is 16.5. The number of aryl methyl sites for hydroxylation is 1. The molecule has 0 radical (unpaired) electrons. The van der Waals surface area contributed by atoms with Crippen molar-refractivity contribution in [1.29, 1.82) is 0 Å². The number of hydrogen-bond donors (Lipinski definition) is 1. The summed E-state index contributed by atoms with van der Waals surface area (Å²) in [5, 5.41) is 2.82. The molecule has 4 rings (SSSR count). The van der Waals surface area contributed by atoms with E-state index in [4.69, 9.17) is 9.15 Å². The quantitative estimate of drug-likeness (QED) is 0.540. The van der Waals surface area contributed by atoms with Gasteiger partial charge in [-0.1, -0.05) is 19.1 Å². The van der Waals surface area contributed by atoms with Crippen LogP contribution in [0.1, 0.15) is 12.5 Å². The van der Waals surface area contributed by atoms with E-state index in [9.17, 15) is 4.79 Å². The smallest absolute Gasteiger partial charge is 0.262 e. The molecule has 0 aliphatic carbocycles. The second-order valence-corrected chi connectivity index (χ2v) is 6.28. The average molecular weight is 373 g/mol. The van der Waals surface area contributed by atoms with E-state index in [1.807, 2.05) is 42.5 Å². The van der Waals surface area contributed by atoms with Crippen molar-refractivity contribution in [3.05, 3.63) is 72.6 Å². The Morgan fingerprint density at radius 2 is 1.96 bits per heavy atom. The summed E-state index contributed by atoms with van der Waals surface area (Å²) < 4.78 is 11.4. The first kappa shape index (κ1) is 17.7. The number of aromatic nitrogens is 2. The molecule has 0 bridgehead atoms. The van der Waals surface area contributed by atoms with Crippen LogP contribution in [-0.4, -0.2) is 22.5 Å². The van der Waals surface area contributed by atoms with Gasteiger partial charge in [-0.15, -0.1) is 0 Å². The molecule has 140 valence electrons. The second kappa shape index (κ2) is 7.92. The van der Waals surface area contributed by atoms with Gasteiger partial charge in [-0.25, -0.2) is 4.98 Å². The van der Waals surface area contributed by atoms with Crippen molar-refractivity contribution in [2.75, 3.05) is 11.9 Å². The third-order valence-corrected chi connectivity index (χ3v) is 4.28. The van der Waals surface area contributed by atoms with Crippen molar-refractivity contribution < 1.29 is 13.9 Å². The Kier molecular flexibility index (Phi) is 5.01. The first-order valence-corrected chi connectivity index (χ1v) is 9.04. The fourth-order valence-corrected chi connectivity index (χ4v) is 2.82. The van der Waals surface area contributed by atoms with E-state index in [0.29, 0.717) is 22.9 Å². The van der Waals surface area contributed by atoms with Crippen LogP contribution in [-0.2, 0) is 11.2 Å². The monoisotopic (exact) mass is 373 g/mol. The summed E-state index contributed by atoms with van der Waals surface area (Å²) in [6.45, 7) is 2.01. The molecule has 28 heavy (non-hydrogen) atoms. The number of hydrogen-bond acceptors (Lipinski definition) is 5. The predicted octanol–water partition coefficient (Wildman–Crippen LogP) is 4.47. The summed E-state index contributed by atoms with van der Waals surface area (Å²) in [7, 11) is 0. The van der Waals surface area contributed by atoms with Gasteiger partial charge < -0.3 is 14.5 Å². The van der Waals surface area contributed by atoms with Gasteiger partial charge in [-0.05, 0) is 48.4 Å². The number of nitrogens with one attached hydrogen (secondary N) is 1. The number of anilines is 1. The number of carbonyl (C=O) groups is 1. The van der Waals surface area contributed by atoms with Crippen molar-refractivity contribution in [3.63, 3.8) is 0 Å². The van der Waals surface area contributed by atoms with Crippen molar-refractivity contribution in [2.24, 2.45) is 0 Å². The molecule has 6 heteroatoms. The van der Waals surface area contributed by atoms with Gasteiger partial charge in [-0.3, -0.25) is 9.78 Å². The Balaban J connectivity index is 1.43. The lowest BCUT2D eigenvalue weighted by molar-refractivity contribution is -0.118. The lowest BCUT2D eigenvalue weighted by Crippen LogP contribution is -2.20. The molecule has 0 saturated heterocycles. The molecular weight excluding hydrogens is 354 g/mol. The van der Waals surface area contributed by atoms with Gasteiger partial charge >= 0.3 is 0 Å². The van der Waals surface area contributed by atoms with Gasteiger partial charge in [0.05, 0.1) is 0 Å². The summed E-state index contributed by atoms with van der Waals surface area (Å²) >= 11 is 0. The number of rotatable bonds is 6. The van der Waals surface area contributed by atoms with E-state index in [0.717, 1.165) is 17.5 Å². The maximum Gasteiger partial charge on any atom is 0.262 e. The third kappa shape index (κ3) is 4.01. The van der Waals surface area contributed by atoms with Crippen molar-refractivity contribution in [3.8, 4) is 17.2 Å². The minimum atomic E-state index is -0.241. The Morgan fingerprint density at radius 3 is 2.79 bits per heavy atom. The molecule has 4 aromatic rings. The molecule has 0 aliphatic heterocycles. The Labute approximate surface area is 162 Å². The van der Waals surface area contributed by atoms with Crippen LogP contribution < -0.4 is 10.1 Å². The molecule has 6 nitrogen and oxygen atoms in total. The zero-order chi connectivity index (χ0) is 19.3. The van der Waals surface area contributed by atoms with E-state index in [1.165, 1.54) is 5.56 Å². The fraction of sp³-hybridized carbons (Fsp3) is 0.136. The number of oxazole rings is 1. The highest BCUT2D eigenvalue weighted by Gasteiger charge is 2.10. The number of pyridine rings is 1. The molecule has 2 aromatic carbocycles. The minimum absolute atomic E-state index is 0.0656. The van der Waals surface area contributed by atoms with Gasteiger partial charge in [0.25, 0.3) is 5.91 Å². The Bertz CT molecular complexity index is 1110. The second-order valence-electron chi connectivity index (χ2n) is 6.28. The number of benzene rings is 2. The topological polar surface area (TPSA) is 77.2 Å². The van der Waals surface area contributed by atoms with Gasteiger partial charge in [0, 0.05) is 29.7 Å². The van der Waals surface area contributed by atoms with E-state index < -0.39 is 0 Å². The van der Waals surface area contributed by atoms with Gasteiger partial charge in [0.2, 0.25) is 5.89 Å². The molecule has 0 spiro atoms. The molecule has 2 heterocycles. The number of carbonyl (C=O) groups excluding carboxylic acids is 1. The molecule has 0 unspecified atom stereocenters. The van der Waals surface area contributed by atoms with Crippen molar-refractivity contribution in [1.82, 2.24) is 9.97 Å². The van der Waals surface area contributed by atoms with Crippen LogP contribution in [0.3, 0.4) is 0 Å². The minimum Gasteiger partial charge on any atom is -0.484 e. The van der Waals surface area contributed by atoms with Gasteiger partial charge in [0.1, 0.15) is 11.3 Å². The van der Waals surface area contributed by atoms with Crippen LogP contribution in [0.25, 0.3) is 22.6 Å². The molecular formula is C22H19N3O3. The SMILES string of the molecule is CCc1cccc(OCC(=O)Nc2ccc3nc(-c4ccncc4)oc3c2)c1. The first-order valence-electron chi connectivity index (χ1n) is 9.04. The standard InChI is InChI=1S/C22H19N3O3/c1-2-15-4-3-5-18(12-15)27-14-21(26)24-17-6-7-19-20(13-17)28-22(25-19)16-8-10-23-11-9-16/h3-13H,2,14H2,1H3,(H,24,26). The van der Waals surface area contributed by atoms with Crippen molar-refractivity contribution >= 4 is 22.7 Å². The molecule has 2 aromatic heterocycles. The lowest BCUT2D eigenvalue weighted by Gasteiger charge is -2.08. The molecule has 1 amide bonds. The van der Waals surface area contributed by atoms with Crippen LogP contribution in [0, 0.1) is 0 Å². The van der Waals surface area contributed by atoms with Crippen molar-refractivity contribution in [2.45, 2.75) is 13.3 Å². The highest BCUT2D eigenvalue weighted by Crippen LogP contribution is 2.26. The number of fused-ring (bicyclic) bond motifs is 1. The van der Waals surface area contributed by atoms with E-state index in [-0.39, 0.29) is 12.5 Å². The first-order chi connectivity index (χ1) is 13.7. The Morgan fingerprint density at radius 1 is 1.11 bits per heavy atom. The van der Waals surface area contributed by atoms with Crippen LogP contribution >= 0.6 is 0 Å². The third-order valence-electron chi connectivity index (χ3n) is 4.28. The van der Waals surface area contributed by atoms with Gasteiger partial charge in [0.15, 0.2) is 12.2 Å². The van der Waals surface area contributed by atoms with Gasteiger partial charge in [-0.2, -0.15) is 0 Å². The number of nitrogens with zero attached hydrogens (tertiary/aromatic N) is 2. The summed E-state index contributed by atoms with van der Waals surface area (Å²) in [5.74, 6) is 0.956. The predicted molar refractivity (Wildman–Crippen MR) is 107 cm³/mol. The van der Waals surface area contributed by atoms with E-state index in [1.54, 1.807) is 24.5 Å². The Hall–Kier alpha value is -3.67. The van der Waals surface area contributed by atoms with Crippen LogP contribution in [0.15, 0.2) is 71.4 Å². The highest BCUT2D eigenvalue weighted by molar-refractivity contribution is 5.93. The molecule has 1 N–H and O–H groups in total. The van der Waals surface area contributed by atoms with E-state index >= 15 is 0 Å². The number of amides is 1. The molecule has 0 saturated carbocycles. The average Bonchev–Trinajstić information content (AvgIpc) is 3.16. The van der Waals surface area contributed by atoms with E-state index in [2.05, 4.69) is 22.2 Å². The summed E-state index contributed by atoms with van der Waals surface area (Å²) in [5.41, 5.74) is 3.96. The molecule has 0 aliphatic rings. The molecule has 0 fully saturated rings. The fourth-order valence-electron chi connectivity index (χ4n) is 2.82. The molecule has 0 atom stereocenters. The summed E-state index contributed by atoms with van der Waals surface area (Å²) in [6.07, 6.45) is 4.29. The largest absolute Gasteiger partial charge is 0.484 e. The maximum atomic E-state index is 12.2. The zero-order valence-corrected chi connectivity index (χ0v) is 15.4. The van der Waals surface area contributed by atoms with Crippen LogP contribution in [0.2, 0.25) is 0 Å². The zero-order valence-electron chi connectivity index (χ0n) is 15.4. The van der Waals surface area contributed by atoms with Crippen LogP contribution in [0.5, 0.6) is 5.75 Å². The maximum absolute atomic E-state index is 12.2. The van der Waals surface area contributed by atoms with Crippen LogP contribution in [0.4, 0.5) is 5.69 Å². The summed E-state index contributed by atoms with van der Waals surface area (Å²) in [4.78, 5) is 20.7. The normalized spacial score (nSPS) is 10.8. The number of ether oxygens (including phenoxy) is 1. The summed E-state index contributed by atoms with van der Waals surface area (Å²) in [6, 6.07) is 16.7. The lowest BCUT2D eigenvalue weighted by atomic mass is 10.2.